The first-order valence-corrected chi connectivity index (χ1v) is 8.73. The molecule has 0 aliphatic carbocycles. The van der Waals surface area contributed by atoms with Crippen molar-refractivity contribution in [3.63, 3.8) is 0 Å². The fourth-order valence-corrected chi connectivity index (χ4v) is 3.41. The Morgan fingerprint density at radius 3 is 2.67 bits per heavy atom. The predicted molar refractivity (Wildman–Crippen MR) is 87.9 cm³/mol. The molecule has 1 aromatic rings. The number of nitrogens with zero attached hydrogens (tertiary/aromatic N) is 1. The van der Waals surface area contributed by atoms with Crippen LogP contribution in [-0.2, 0) is 15.7 Å². The van der Waals surface area contributed by atoms with Gasteiger partial charge in [-0.3, -0.25) is 4.79 Å². The van der Waals surface area contributed by atoms with Gasteiger partial charge in [0.05, 0.1) is 10.3 Å². The normalized spacial score (nSPS) is 16.9. The van der Waals surface area contributed by atoms with Crippen molar-refractivity contribution in [2.75, 3.05) is 24.3 Å². The number of anilines is 1. The zero-order valence-electron chi connectivity index (χ0n) is 13.7. The van der Waals surface area contributed by atoms with Gasteiger partial charge in [0.15, 0.2) is 0 Å². The van der Waals surface area contributed by atoms with Crippen LogP contribution in [0, 0.1) is 5.92 Å². The number of hydrogen-bond donors (Lipinski definition) is 1. The third-order valence-electron chi connectivity index (χ3n) is 3.90. The molecule has 1 amide bonds. The summed E-state index contributed by atoms with van der Waals surface area (Å²) >= 11 is 1.50. The number of carbonyl (C=O) groups excluding carboxylic acids is 1. The highest BCUT2D eigenvalue weighted by Crippen LogP contribution is 2.32. The van der Waals surface area contributed by atoms with Crippen LogP contribution in [0.25, 0.3) is 0 Å². The van der Waals surface area contributed by atoms with Gasteiger partial charge in [-0.1, -0.05) is 0 Å². The number of thioether (sulfide) groups is 1. The van der Waals surface area contributed by atoms with Gasteiger partial charge in [-0.15, -0.1) is 11.8 Å². The summed E-state index contributed by atoms with van der Waals surface area (Å²) in [6, 6.07) is 1.72. The maximum absolute atomic E-state index is 12.7. The zero-order chi connectivity index (χ0) is 17.8. The van der Waals surface area contributed by atoms with Crippen molar-refractivity contribution in [1.82, 2.24) is 4.98 Å². The quantitative estimate of drug-likeness (QED) is 0.861. The Morgan fingerprint density at radius 2 is 2.04 bits per heavy atom. The van der Waals surface area contributed by atoms with E-state index in [-0.39, 0.29) is 11.7 Å². The second-order valence-electron chi connectivity index (χ2n) is 6.26. The molecule has 0 saturated carbocycles. The largest absolute Gasteiger partial charge is 0.416 e. The fourth-order valence-electron chi connectivity index (χ4n) is 2.25. The van der Waals surface area contributed by atoms with Gasteiger partial charge in [0, 0.05) is 19.4 Å². The lowest BCUT2D eigenvalue weighted by atomic mass is 10.0. The number of carbonyl (C=O) groups is 1. The van der Waals surface area contributed by atoms with Gasteiger partial charge in [-0.2, -0.15) is 13.2 Å². The average Bonchev–Trinajstić information content (AvgIpc) is 2.53. The third-order valence-corrected chi connectivity index (χ3v) is 5.44. The van der Waals surface area contributed by atoms with Crippen LogP contribution in [-0.4, -0.2) is 34.6 Å². The number of alkyl halides is 3. The summed E-state index contributed by atoms with van der Waals surface area (Å²) in [6.07, 6.45) is -1.48. The molecule has 2 heterocycles. The first-order chi connectivity index (χ1) is 11.2. The number of nitrogens with one attached hydrogen (secondary N) is 1. The maximum Gasteiger partial charge on any atom is 0.416 e. The van der Waals surface area contributed by atoms with E-state index < -0.39 is 16.5 Å². The minimum atomic E-state index is -4.46. The summed E-state index contributed by atoms with van der Waals surface area (Å²) in [7, 11) is 0. The Balaban J connectivity index is 1.94. The van der Waals surface area contributed by atoms with E-state index in [4.69, 9.17) is 4.74 Å². The van der Waals surface area contributed by atoms with Crippen molar-refractivity contribution in [3.05, 3.63) is 23.9 Å². The Morgan fingerprint density at radius 1 is 1.38 bits per heavy atom. The molecule has 134 valence electrons. The molecule has 0 radical (unpaired) electrons. The lowest BCUT2D eigenvalue weighted by molar-refractivity contribution is -0.137. The Kier molecular flexibility index (Phi) is 6.14. The molecule has 0 bridgehead atoms. The highest BCUT2D eigenvalue weighted by molar-refractivity contribution is 8.01. The Bertz CT molecular complexity index is 573. The summed E-state index contributed by atoms with van der Waals surface area (Å²) < 4.78 is 42.7. The second-order valence-corrected chi connectivity index (χ2v) is 7.90. The minimum Gasteiger partial charge on any atom is -0.381 e. The van der Waals surface area contributed by atoms with Crippen molar-refractivity contribution >= 4 is 23.5 Å². The molecule has 1 fully saturated rings. The van der Waals surface area contributed by atoms with Gasteiger partial charge in [-0.25, -0.2) is 4.98 Å². The van der Waals surface area contributed by atoms with Crippen LogP contribution in [0.15, 0.2) is 18.3 Å². The number of amides is 1. The summed E-state index contributed by atoms with van der Waals surface area (Å²) in [5, 5.41) is 2.49. The minimum absolute atomic E-state index is 0.0884. The smallest absolute Gasteiger partial charge is 0.381 e. The predicted octanol–water partition coefficient (Wildman–Crippen LogP) is 3.98. The van der Waals surface area contributed by atoms with Crippen molar-refractivity contribution in [2.45, 2.75) is 37.6 Å². The number of halogens is 3. The van der Waals surface area contributed by atoms with Crippen molar-refractivity contribution in [1.29, 1.82) is 0 Å². The van der Waals surface area contributed by atoms with Gasteiger partial charge in [0.1, 0.15) is 5.82 Å². The van der Waals surface area contributed by atoms with E-state index in [1.165, 1.54) is 11.8 Å². The number of pyridine rings is 1. The van der Waals surface area contributed by atoms with E-state index in [1.807, 2.05) is 0 Å². The number of rotatable bonds is 5. The van der Waals surface area contributed by atoms with Gasteiger partial charge < -0.3 is 10.1 Å². The summed E-state index contributed by atoms with van der Waals surface area (Å²) in [5.74, 6) is 0.878. The molecule has 1 aliphatic heterocycles. The number of ether oxygens (including phenoxy) is 1. The molecule has 0 aromatic carbocycles. The fraction of sp³-hybridized carbons (Fsp3) is 0.625. The number of hydrogen-bond acceptors (Lipinski definition) is 4. The van der Waals surface area contributed by atoms with Gasteiger partial charge >= 0.3 is 6.18 Å². The first kappa shape index (κ1) is 19.1. The van der Waals surface area contributed by atoms with Gasteiger partial charge in [-0.05, 0) is 50.5 Å². The van der Waals surface area contributed by atoms with E-state index in [0.717, 1.165) is 50.1 Å². The molecule has 0 spiro atoms. The van der Waals surface area contributed by atoms with Gasteiger partial charge in [0.2, 0.25) is 5.91 Å². The highest BCUT2D eigenvalue weighted by Gasteiger charge is 2.33. The molecular weight excluding hydrogens is 341 g/mol. The Labute approximate surface area is 143 Å². The van der Waals surface area contributed by atoms with Crippen LogP contribution in [0.5, 0.6) is 0 Å². The summed E-state index contributed by atoms with van der Waals surface area (Å²) in [5.41, 5.74) is -0.833. The second kappa shape index (κ2) is 7.74. The molecular formula is C16H21F3N2O2S. The average molecular weight is 362 g/mol. The van der Waals surface area contributed by atoms with Crippen molar-refractivity contribution in [3.8, 4) is 0 Å². The molecule has 4 nitrogen and oxygen atoms in total. The van der Waals surface area contributed by atoms with Crippen LogP contribution in [0.4, 0.5) is 19.0 Å². The topological polar surface area (TPSA) is 51.2 Å². The summed E-state index contributed by atoms with van der Waals surface area (Å²) in [4.78, 5) is 16.2. The molecule has 8 heteroatoms. The van der Waals surface area contributed by atoms with Crippen LogP contribution in [0.3, 0.4) is 0 Å². The van der Waals surface area contributed by atoms with E-state index in [9.17, 15) is 18.0 Å². The van der Waals surface area contributed by atoms with Crippen LogP contribution in [0.1, 0.15) is 32.3 Å². The third kappa shape index (κ3) is 5.37. The lowest BCUT2D eigenvalue weighted by Crippen LogP contribution is -2.35. The van der Waals surface area contributed by atoms with Gasteiger partial charge in [0.25, 0.3) is 0 Å². The standard InChI is InChI=1S/C16H21F3N2O2S/c1-15(2,24-10-11-4-7-23-8-5-11)14(22)21-13-9-12(3-6-20-13)16(17,18)19/h3,6,9,11H,4-5,7-8,10H2,1-2H3,(H,20,21,22). The molecule has 1 aliphatic rings. The first-order valence-electron chi connectivity index (χ1n) is 7.75. The zero-order valence-corrected chi connectivity index (χ0v) is 14.5. The van der Waals surface area contributed by atoms with E-state index in [1.54, 1.807) is 13.8 Å². The van der Waals surface area contributed by atoms with E-state index in [2.05, 4.69) is 10.3 Å². The molecule has 1 N–H and O–H groups in total. The highest BCUT2D eigenvalue weighted by atomic mass is 32.2. The molecule has 0 atom stereocenters. The van der Waals surface area contributed by atoms with E-state index in [0.29, 0.717) is 5.92 Å². The summed E-state index contributed by atoms with van der Waals surface area (Å²) in [6.45, 7) is 5.01. The molecule has 2 rings (SSSR count). The maximum atomic E-state index is 12.7. The Hall–Kier alpha value is -1.28. The SMILES string of the molecule is CC(C)(SCC1CCOCC1)C(=O)Nc1cc(C(F)(F)F)ccn1. The molecule has 0 unspecified atom stereocenters. The lowest BCUT2D eigenvalue weighted by Gasteiger charge is -2.27. The van der Waals surface area contributed by atoms with Crippen LogP contribution in [0.2, 0.25) is 0 Å². The van der Waals surface area contributed by atoms with Crippen molar-refractivity contribution < 1.29 is 22.7 Å². The van der Waals surface area contributed by atoms with Crippen LogP contribution < -0.4 is 5.32 Å². The molecule has 1 saturated heterocycles. The molecule has 1 aromatic heterocycles. The monoisotopic (exact) mass is 362 g/mol. The van der Waals surface area contributed by atoms with E-state index >= 15 is 0 Å². The number of aromatic nitrogens is 1. The van der Waals surface area contributed by atoms with Crippen molar-refractivity contribution in [2.24, 2.45) is 5.92 Å². The molecule has 24 heavy (non-hydrogen) atoms. The van der Waals surface area contributed by atoms with Crippen LogP contribution >= 0.6 is 11.8 Å².